The lowest BCUT2D eigenvalue weighted by atomic mass is 10.1. The summed E-state index contributed by atoms with van der Waals surface area (Å²) in [6.45, 7) is 0.530. The van der Waals surface area contributed by atoms with E-state index in [-0.39, 0.29) is 0 Å². The first-order valence-electron chi connectivity index (χ1n) is 7.40. The van der Waals surface area contributed by atoms with Crippen LogP contribution in [-0.2, 0) is 6.42 Å². The van der Waals surface area contributed by atoms with Gasteiger partial charge in [-0.2, -0.15) is 0 Å². The number of carbonyl (C=O) groups excluding carboxylic acids is 1. The molecule has 0 unspecified atom stereocenters. The first kappa shape index (κ1) is 14.9. The highest BCUT2D eigenvalue weighted by Crippen LogP contribution is 2.27. The largest absolute Gasteiger partial charge is 0.491 e. The monoisotopic (exact) mass is 304 g/mol. The van der Waals surface area contributed by atoms with Gasteiger partial charge in [0, 0.05) is 35.6 Å². The van der Waals surface area contributed by atoms with E-state index in [0.717, 1.165) is 35.4 Å². The summed E-state index contributed by atoms with van der Waals surface area (Å²) in [5, 5.41) is 0. The lowest BCUT2D eigenvalue weighted by Gasteiger charge is -2.10. The van der Waals surface area contributed by atoms with E-state index < -0.39 is 0 Å². The van der Waals surface area contributed by atoms with E-state index in [2.05, 4.69) is 9.97 Å². The Hall–Kier alpha value is -3.01. The molecule has 2 heterocycles. The average Bonchev–Trinajstić information content (AvgIpc) is 2.63. The summed E-state index contributed by atoms with van der Waals surface area (Å²) in [5.74, 6) is 0.724. The zero-order chi connectivity index (χ0) is 15.9. The SMILES string of the molecule is O=Cc1ccc(-c2ncccc2OCCc2ccccn2)cc1. The molecule has 0 atom stereocenters. The molecule has 23 heavy (non-hydrogen) atoms. The quantitative estimate of drug-likeness (QED) is 0.653. The number of aldehydes is 1. The van der Waals surface area contributed by atoms with Gasteiger partial charge in [0.2, 0.25) is 0 Å². The number of hydrogen-bond acceptors (Lipinski definition) is 4. The van der Waals surface area contributed by atoms with Crippen LogP contribution in [0.3, 0.4) is 0 Å². The molecular weight excluding hydrogens is 288 g/mol. The summed E-state index contributed by atoms with van der Waals surface area (Å²) in [6, 6.07) is 16.9. The molecule has 0 saturated heterocycles. The Kier molecular flexibility index (Phi) is 4.74. The highest BCUT2D eigenvalue weighted by Gasteiger charge is 2.07. The molecule has 0 bridgehead atoms. The van der Waals surface area contributed by atoms with E-state index in [1.165, 1.54) is 0 Å². The minimum Gasteiger partial charge on any atom is -0.491 e. The maximum absolute atomic E-state index is 10.8. The Labute approximate surface area is 134 Å². The molecule has 0 aliphatic heterocycles. The number of carbonyl (C=O) groups is 1. The summed E-state index contributed by atoms with van der Waals surface area (Å²) in [6.07, 6.45) is 5.07. The molecule has 3 aromatic rings. The molecule has 0 aliphatic carbocycles. The normalized spacial score (nSPS) is 10.3. The van der Waals surface area contributed by atoms with Gasteiger partial charge in [0.15, 0.2) is 0 Å². The highest BCUT2D eigenvalue weighted by atomic mass is 16.5. The van der Waals surface area contributed by atoms with Crippen molar-refractivity contribution in [2.45, 2.75) is 6.42 Å². The number of pyridine rings is 2. The van der Waals surface area contributed by atoms with Crippen molar-refractivity contribution in [3.63, 3.8) is 0 Å². The minimum absolute atomic E-state index is 0.530. The molecule has 0 fully saturated rings. The Balaban J connectivity index is 1.73. The maximum atomic E-state index is 10.8. The molecule has 0 spiro atoms. The molecule has 0 N–H and O–H groups in total. The van der Waals surface area contributed by atoms with Crippen LogP contribution in [0.1, 0.15) is 16.1 Å². The Morgan fingerprint density at radius 1 is 0.913 bits per heavy atom. The van der Waals surface area contributed by atoms with Crippen LogP contribution in [-0.4, -0.2) is 22.9 Å². The van der Waals surface area contributed by atoms with Crippen molar-refractivity contribution >= 4 is 6.29 Å². The molecule has 0 radical (unpaired) electrons. The van der Waals surface area contributed by atoms with Crippen molar-refractivity contribution in [1.82, 2.24) is 9.97 Å². The fourth-order valence-electron chi connectivity index (χ4n) is 2.25. The zero-order valence-corrected chi connectivity index (χ0v) is 12.6. The predicted molar refractivity (Wildman–Crippen MR) is 88.5 cm³/mol. The third kappa shape index (κ3) is 3.80. The van der Waals surface area contributed by atoms with Crippen LogP contribution >= 0.6 is 0 Å². The first-order valence-corrected chi connectivity index (χ1v) is 7.40. The third-order valence-corrected chi connectivity index (χ3v) is 3.43. The van der Waals surface area contributed by atoms with Crippen molar-refractivity contribution in [3.8, 4) is 17.0 Å². The van der Waals surface area contributed by atoms with Gasteiger partial charge in [0.1, 0.15) is 17.7 Å². The molecule has 2 aromatic heterocycles. The molecule has 3 rings (SSSR count). The molecule has 1 aromatic carbocycles. The van der Waals surface area contributed by atoms with Gasteiger partial charge in [-0.1, -0.05) is 30.3 Å². The average molecular weight is 304 g/mol. The fraction of sp³-hybridized carbons (Fsp3) is 0.105. The summed E-state index contributed by atoms with van der Waals surface area (Å²) in [5.41, 5.74) is 3.32. The zero-order valence-electron chi connectivity index (χ0n) is 12.6. The molecule has 4 nitrogen and oxygen atoms in total. The second kappa shape index (κ2) is 7.31. The number of benzene rings is 1. The smallest absolute Gasteiger partial charge is 0.150 e. The van der Waals surface area contributed by atoms with Crippen LogP contribution in [0.2, 0.25) is 0 Å². The van der Waals surface area contributed by atoms with Gasteiger partial charge in [-0.05, 0) is 24.3 Å². The van der Waals surface area contributed by atoms with Crippen LogP contribution in [0.15, 0.2) is 67.0 Å². The number of aromatic nitrogens is 2. The van der Waals surface area contributed by atoms with Gasteiger partial charge in [-0.3, -0.25) is 14.8 Å². The van der Waals surface area contributed by atoms with E-state index in [0.29, 0.717) is 12.2 Å². The van der Waals surface area contributed by atoms with Crippen molar-refractivity contribution in [2.75, 3.05) is 6.61 Å². The van der Waals surface area contributed by atoms with Gasteiger partial charge in [0.25, 0.3) is 0 Å². The minimum atomic E-state index is 0.530. The van der Waals surface area contributed by atoms with Crippen LogP contribution in [0.5, 0.6) is 5.75 Å². The Bertz CT molecular complexity index is 771. The van der Waals surface area contributed by atoms with E-state index in [4.69, 9.17) is 4.74 Å². The summed E-state index contributed by atoms with van der Waals surface area (Å²) >= 11 is 0. The van der Waals surface area contributed by atoms with Crippen LogP contribution < -0.4 is 4.74 Å². The fourth-order valence-corrected chi connectivity index (χ4v) is 2.25. The lowest BCUT2D eigenvalue weighted by Crippen LogP contribution is -2.04. The predicted octanol–water partition coefficient (Wildman–Crippen LogP) is 3.58. The van der Waals surface area contributed by atoms with E-state index >= 15 is 0 Å². The van der Waals surface area contributed by atoms with Gasteiger partial charge >= 0.3 is 0 Å². The van der Waals surface area contributed by atoms with E-state index in [1.54, 1.807) is 24.5 Å². The molecule has 114 valence electrons. The Morgan fingerprint density at radius 2 is 1.74 bits per heavy atom. The van der Waals surface area contributed by atoms with Crippen molar-refractivity contribution < 1.29 is 9.53 Å². The molecule has 0 aliphatic rings. The van der Waals surface area contributed by atoms with Gasteiger partial charge in [0.05, 0.1) is 6.61 Å². The first-order chi connectivity index (χ1) is 11.4. The third-order valence-electron chi connectivity index (χ3n) is 3.43. The van der Waals surface area contributed by atoms with Crippen LogP contribution in [0.4, 0.5) is 0 Å². The van der Waals surface area contributed by atoms with Gasteiger partial charge in [-0.25, -0.2) is 0 Å². The summed E-state index contributed by atoms with van der Waals surface area (Å²) < 4.78 is 5.88. The van der Waals surface area contributed by atoms with E-state index in [1.807, 2.05) is 42.5 Å². The second-order valence-electron chi connectivity index (χ2n) is 5.01. The number of ether oxygens (including phenoxy) is 1. The summed E-state index contributed by atoms with van der Waals surface area (Å²) in [7, 11) is 0. The number of rotatable bonds is 6. The molecular formula is C19H16N2O2. The van der Waals surface area contributed by atoms with Gasteiger partial charge < -0.3 is 4.74 Å². The van der Waals surface area contributed by atoms with Crippen molar-refractivity contribution in [1.29, 1.82) is 0 Å². The molecule has 0 saturated carbocycles. The number of nitrogens with zero attached hydrogens (tertiary/aromatic N) is 2. The highest BCUT2D eigenvalue weighted by molar-refractivity contribution is 5.77. The Morgan fingerprint density at radius 3 is 2.48 bits per heavy atom. The van der Waals surface area contributed by atoms with E-state index in [9.17, 15) is 4.79 Å². The van der Waals surface area contributed by atoms with Crippen LogP contribution in [0, 0.1) is 0 Å². The van der Waals surface area contributed by atoms with Gasteiger partial charge in [-0.15, -0.1) is 0 Å². The van der Waals surface area contributed by atoms with Crippen LogP contribution in [0.25, 0.3) is 11.3 Å². The maximum Gasteiger partial charge on any atom is 0.150 e. The van der Waals surface area contributed by atoms with Crippen molar-refractivity contribution in [3.05, 3.63) is 78.2 Å². The van der Waals surface area contributed by atoms with Crippen molar-refractivity contribution in [2.24, 2.45) is 0 Å². The molecule has 4 heteroatoms. The lowest BCUT2D eigenvalue weighted by molar-refractivity contribution is 0.112. The molecule has 0 amide bonds. The number of hydrogen-bond donors (Lipinski definition) is 0. The standard InChI is InChI=1S/C19H16N2O2/c22-14-15-6-8-16(9-7-15)19-18(5-3-12-21-19)23-13-10-17-4-1-2-11-20-17/h1-9,11-12,14H,10,13H2. The second-order valence-corrected chi connectivity index (χ2v) is 5.01. The summed E-state index contributed by atoms with van der Waals surface area (Å²) in [4.78, 5) is 19.4. The topological polar surface area (TPSA) is 52.1 Å².